The molecule has 0 radical (unpaired) electrons. The fraction of sp³-hybridized carbons (Fsp3) is 0.273. The van der Waals surface area contributed by atoms with Gasteiger partial charge in [-0.1, -0.05) is 6.92 Å². The van der Waals surface area contributed by atoms with Gasteiger partial charge in [-0.15, -0.1) is 0 Å². The molecule has 18 heavy (non-hydrogen) atoms. The molecule has 1 aromatic carbocycles. The van der Waals surface area contributed by atoms with E-state index in [-0.39, 0.29) is 6.42 Å². The molecule has 0 fully saturated rings. The van der Waals surface area contributed by atoms with Crippen LogP contribution in [0.15, 0.2) is 12.1 Å². The highest BCUT2D eigenvalue weighted by molar-refractivity contribution is 5.93. The van der Waals surface area contributed by atoms with Crippen molar-refractivity contribution in [3.63, 3.8) is 0 Å². The largest absolute Gasteiger partial charge is 0.449 e. The Morgan fingerprint density at radius 1 is 1.33 bits per heavy atom. The third-order valence-electron chi connectivity index (χ3n) is 2.24. The van der Waals surface area contributed by atoms with Gasteiger partial charge in [0.05, 0.1) is 11.3 Å². The van der Waals surface area contributed by atoms with Gasteiger partial charge in [-0.3, -0.25) is 4.79 Å². The quantitative estimate of drug-likeness (QED) is 0.621. The van der Waals surface area contributed by atoms with Gasteiger partial charge in [0.25, 0.3) is 5.91 Å². The fourth-order valence-corrected chi connectivity index (χ4v) is 1.26. The molecule has 98 valence electrons. The zero-order valence-electron chi connectivity index (χ0n) is 9.57. The molecule has 1 rings (SSSR count). The normalized spacial score (nSPS) is 11.9. The molecule has 0 aliphatic rings. The fourth-order valence-electron chi connectivity index (χ4n) is 1.26. The number of ether oxygens (including phenoxy) is 1. The second-order valence-electron chi connectivity index (χ2n) is 3.56. The molecular formula is C11H12F2N2O3. The summed E-state index contributed by atoms with van der Waals surface area (Å²) in [5.74, 6) is -4.07. The van der Waals surface area contributed by atoms with E-state index in [0.29, 0.717) is 6.07 Å². The van der Waals surface area contributed by atoms with E-state index in [1.165, 1.54) is 0 Å². The number of carbonyl (C=O) groups is 2. The van der Waals surface area contributed by atoms with Crippen LogP contribution in [0.3, 0.4) is 0 Å². The maximum Gasteiger partial charge on any atom is 0.341 e. The van der Waals surface area contributed by atoms with Gasteiger partial charge < -0.3 is 16.2 Å². The number of amides is 1. The van der Waals surface area contributed by atoms with Crippen LogP contribution in [-0.4, -0.2) is 18.0 Å². The SMILES string of the molecule is CCC(OC(=O)c1cc(N)c(F)cc1F)C(N)=O. The van der Waals surface area contributed by atoms with Crippen molar-refractivity contribution in [2.45, 2.75) is 19.4 Å². The number of primary amides is 1. The number of hydrogen-bond donors (Lipinski definition) is 2. The molecule has 0 saturated carbocycles. The molecule has 0 saturated heterocycles. The van der Waals surface area contributed by atoms with Crippen LogP contribution in [0.5, 0.6) is 0 Å². The summed E-state index contributed by atoms with van der Waals surface area (Å²) < 4.78 is 30.9. The molecule has 7 heteroatoms. The molecule has 1 unspecified atom stereocenters. The van der Waals surface area contributed by atoms with Gasteiger partial charge in [-0.25, -0.2) is 13.6 Å². The van der Waals surface area contributed by atoms with Gasteiger partial charge in [0.15, 0.2) is 6.10 Å². The molecule has 0 aromatic heterocycles. The molecule has 0 aliphatic carbocycles. The molecule has 5 nitrogen and oxygen atoms in total. The minimum absolute atomic E-state index is 0.152. The Labute approximate surface area is 102 Å². The topological polar surface area (TPSA) is 95.4 Å². The van der Waals surface area contributed by atoms with Crippen LogP contribution in [0.25, 0.3) is 0 Å². The summed E-state index contributed by atoms with van der Waals surface area (Å²) in [6, 6.07) is 1.28. The predicted octanol–water partition coefficient (Wildman–Crippen LogP) is 0.968. The van der Waals surface area contributed by atoms with Crippen molar-refractivity contribution >= 4 is 17.6 Å². The monoisotopic (exact) mass is 258 g/mol. The summed E-state index contributed by atoms with van der Waals surface area (Å²) in [5, 5.41) is 0. The number of hydrogen-bond acceptors (Lipinski definition) is 4. The number of halogens is 2. The van der Waals surface area contributed by atoms with Crippen LogP contribution in [0.4, 0.5) is 14.5 Å². The average molecular weight is 258 g/mol. The molecule has 4 N–H and O–H groups in total. The van der Waals surface area contributed by atoms with Crippen LogP contribution in [0.1, 0.15) is 23.7 Å². The molecule has 1 amide bonds. The Kier molecular flexibility index (Phi) is 4.19. The first-order valence-electron chi connectivity index (χ1n) is 5.11. The van der Waals surface area contributed by atoms with E-state index in [1.807, 2.05) is 0 Å². The highest BCUT2D eigenvalue weighted by Crippen LogP contribution is 2.18. The van der Waals surface area contributed by atoms with Crippen LogP contribution in [-0.2, 0) is 9.53 Å². The second-order valence-corrected chi connectivity index (χ2v) is 3.56. The molecule has 0 heterocycles. The van der Waals surface area contributed by atoms with Crippen molar-refractivity contribution in [2.75, 3.05) is 5.73 Å². The lowest BCUT2D eigenvalue weighted by Gasteiger charge is -2.13. The van der Waals surface area contributed by atoms with Gasteiger partial charge in [0.1, 0.15) is 11.6 Å². The summed E-state index contributed by atoms with van der Waals surface area (Å²) in [5.41, 5.74) is 9.24. The first kappa shape index (κ1) is 13.9. The number of esters is 1. The van der Waals surface area contributed by atoms with E-state index in [0.717, 1.165) is 6.07 Å². The number of rotatable bonds is 4. The summed E-state index contributed by atoms with van der Waals surface area (Å²) in [6.45, 7) is 1.57. The van der Waals surface area contributed by atoms with Crippen molar-refractivity contribution < 1.29 is 23.1 Å². The summed E-state index contributed by atoms with van der Waals surface area (Å²) in [4.78, 5) is 22.4. The van der Waals surface area contributed by atoms with Crippen LogP contribution < -0.4 is 11.5 Å². The van der Waals surface area contributed by atoms with E-state index >= 15 is 0 Å². The minimum atomic E-state index is -1.16. The van der Waals surface area contributed by atoms with Gasteiger partial charge in [-0.2, -0.15) is 0 Å². The summed E-state index contributed by atoms with van der Waals surface area (Å²) in [7, 11) is 0. The van der Waals surface area contributed by atoms with Gasteiger partial charge >= 0.3 is 5.97 Å². The number of carbonyl (C=O) groups excluding carboxylic acids is 2. The van der Waals surface area contributed by atoms with Crippen LogP contribution in [0, 0.1) is 11.6 Å². The van der Waals surface area contributed by atoms with Crippen molar-refractivity contribution in [1.29, 1.82) is 0 Å². The molecule has 0 spiro atoms. The Morgan fingerprint density at radius 3 is 2.44 bits per heavy atom. The Hall–Kier alpha value is -2.18. The highest BCUT2D eigenvalue weighted by atomic mass is 19.1. The lowest BCUT2D eigenvalue weighted by atomic mass is 10.1. The van der Waals surface area contributed by atoms with Crippen molar-refractivity contribution in [3.8, 4) is 0 Å². The van der Waals surface area contributed by atoms with E-state index in [9.17, 15) is 18.4 Å². The first-order chi connectivity index (χ1) is 8.36. The van der Waals surface area contributed by atoms with E-state index in [4.69, 9.17) is 16.2 Å². The summed E-state index contributed by atoms with van der Waals surface area (Å²) >= 11 is 0. The molecule has 1 atom stereocenters. The smallest absolute Gasteiger partial charge is 0.341 e. The van der Waals surface area contributed by atoms with Crippen molar-refractivity contribution in [1.82, 2.24) is 0 Å². The zero-order chi connectivity index (χ0) is 13.9. The third-order valence-corrected chi connectivity index (χ3v) is 2.24. The lowest BCUT2D eigenvalue weighted by molar-refractivity contribution is -0.126. The van der Waals surface area contributed by atoms with Crippen molar-refractivity contribution in [3.05, 3.63) is 29.3 Å². The number of nitrogens with two attached hydrogens (primary N) is 2. The maximum absolute atomic E-state index is 13.3. The number of nitrogen functional groups attached to an aromatic ring is 1. The third kappa shape index (κ3) is 2.93. The predicted molar refractivity (Wildman–Crippen MR) is 59.5 cm³/mol. The number of anilines is 1. The Morgan fingerprint density at radius 2 is 1.94 bits per heavy atom. The molecule has 0 aliphatic heterocycles. The summed E-state index contributed by atoms with van der Waals surface area (Å²) in [6.07, 6.45) is -1.01. The Balaban J connectivity index is 2.97. The zero-order valence-corrected chi connectivity index (χ0v) is 9.57. The highest BCUT2D eigenvalue weighted by Gasteiger charge is 2.22. The first-order valence-corrected chi connectivity index (χ1v) is 5.11. The van der Waals surface area contributed by atoms with E-state index < -0.39 is 40.9 Å². The lowest BCUT2D eigenvalue weighted by Crippen LogP contribution is -2.32. The molecule has 0 bridgehead atoms. The van der Waals surface area contributed by atoms with Gasteiger partial charge in [0, 0.05) is 6.07 Å². The van der Waals surface area contributed by atoms with Gasteiger partial charge in [0.2, 0.25) is 0 Å². The number of benzene rings is 1. The minimum Gasteiger partial charge on any atom is -0.449 e. The molecular weight excluding hydrogens is 246 g/mol. The second kappa shape index (κ2) is 5.44. The maximum atomic E-state index is 13.3. The average Bonchev–Trinajstić information content (AvgIpc) is 2.29. The van der Waals surface area contributed by atoms with Crippen LogP contribution >= 0.6 is 0 Å². The van der Waals surface area contributed by atoms with Crippen molar-refractivity contribution in [2.24, 2.45) is 5.73 Å². The standard InChI is InChI=1S/C11H12F2N2O3/c1-2-9(10(15)16)18-11(17)5-3-8(14)7(13)4-6(5)12/h3-4,9H,2,14H2,1H3,(H2,15,16). The van der Waals surface area contributed by atoms with Gasteiger partial charge in [-0.05, 0) is 12.5 Å². The van der Waals surface area contributed by atoms with E-state index in [1.54, 1.807) is 6.92 Å². The van der Waals surface area contributed by atoms with E-state index in [2.05, 4.69) is 0 Å². The van der Waals surface area contributed by atoms with Crippen LogP contribution in [0.2, 0.25) is 0 Å². The Bertz CT molecular complexity index is 491. The molecule has 1 aromatic rings.